The van der Waals surface area contributed by atoms with Crippen molar-refractivity contribution >= 4 is 23.8 Å². The number of hydrazine groups is 1. The van der Waals surface area contributed by atoms with Gasteiger partial charge in [0.15, 0.2) is 5.60 Å². The van der Waals surface area contributed by atoms with Gasteiger partial charge in [0.1, 0.15) is 5.75 Å². The van der Waals surface area contributed by atoms with Crippen molar-refractivity contribution < 1.29 is 19.1 Å². The van der Waals surface area contributed by atoms with Crippen molar-refractivity contribution in [2.24, 2.45) is 0 Å². The number of carbonyl (C=O) groups is 3. The molecule has 7 nitrogen and oxygen atoms in total. The van der Waals surface area contributed by atoms with Crippen molar-refractivity contribution in [3.05, 3.63) is 34.9 Å². The van der Waals surface area contributed by atoms with Gasteiger partial charge in [0.05, 0.1) is 6.54 Å². The number of hydrogen-bond donors (Lipinski definition) is 1. The molecule has 0 unspecified atom stereocenters. The van der Waals surface area contributed by atoms with Crippen LogP contribution in [0.25, 0.3) is 6.08 Å². The van der Waals surface area contributed by atoms with Gasteiger partial charge in [-0.15, -0.1) is 0 Å². The summed E-state index contributed by atoms with van der Waals surface area (Å²) in [7, 11) is 0. The smallest absolute Gasteiger partial charge is 0.273 e. The SMILES string of the molecule is O=C1c2cc3c(cc2CN1N1C(=O)CCCC1=O)OC1(C=C3)CNC1. The van der Waals surface area contributed by atoms with E-state index in [1.54, 1.807) is 6.07 Å². The van der Waals surface area contributed by atoms with Crippen LogP contribution in [0.2, 0.25) is 0 Å². The third-order valence-corrected chi connectivity index (χ3v) is 5.24. The molecule has 4 aliphatic heterocycles. The zero-order valence-electron chi connectivity index (χ0n) is 13.6. The van der Waals surface area contributed by atoms with Gasteiger partial charge in [-0.05, 0) is 30.2 Å². The van der Waals surface area contributed by atoms with E-state index in [4.69, 9.17) is 4.74 Å². The number of amides is 3. The number of carbonyl (C=O) groups excluding carboxylic acids is 3. The lowest BCUT2D eigenvalue weighted by atomic mass is 9.91. The van der Waals surface area contributed by atoms with Gasteiger partial charge < -0.3 is 10.1 Å². The van der Waals surface area contributed by atoms with Crippen molar-refractivity contribution in [2.45, 2.75) is 31.4 Å². The number of ether oxygens (including phenoxy) is 1. The number of benzene rings is 1. The van der Waals surface area contributed by atoms with Crippen LogP contribution in [-0.2, 0) is 16.1 Å². The van der Waals surface area contributed by atoms with E-state index in [0.29, 0.717) is 24.8 Å². The Morgan fingerprint density at radius 2 is 1.84 bits per heavy atom. The number of piperidine rings is 1. The standard InChI is InChI=1S/C18H17N3O4/c22-15-2-1-3-16(23)21(15)20-8-12-7-14-11(6-13(12)17(20)24)4-5-18(25-14)9-19-10-18/h4-7,19H,1-3,8-10H2. The fourth-order valence-corrected chi connectivity index (χ4v) is 3.79. The highest BCUT2D eigenvalue weighted by Crippen LogP contribution is 2.38. The second-order valence-electron chi connectivity index (χ2n) is 6.97. The zero-order chi connectivity index (χ0) is 17.2. The van der Waals surface area contributed by atoms with Crippen molar-refractivity contribution in [1.29, 1.82) is 0 Å². The third kappa shape index (κ3) is 2.05. The van der Waals surface area contributed by atoms with Crippen molar-refractivity contribution in [3.8, 4) is 5.75 Å². The van der Waals surface area contributed by atoms with Crippen LogP contribution in [0.1, 0.15) is 40.7 Å². The largest absolute Gasteiger partial charge is 0.480 e. The second-order valence-corrected chi connectivity index (χ2v) is 6.97. The molecule has 5 rings (SSSR count). The van der Waals surface area contributed by atoms with Crippen LogP contribution in [0.3, 0.4) is 0 Å². The summed E-state index contributed by atoms with van der Waals surface area (Å²) in [4.78, 5) is 37.1. The maximum Gasteiger partial charge on any atom is 0.273 e. The molecule has 3 amide bonds. The predicted molar refractivity (Wildman–Crippen MR) is 87.3 cm³/mol. The summed E-state index contributed by atoms with van der Waals surface area (Å²) < 4.78 is 6.11. The Bertz CT molecular complexity index is 840. The zero-order valence-corrected chi connectivity index (χ0v) is 13.6. The summed E-state index contributed by atoms with van der Waals surface area (Å²) in [6.07, 6.45) is 5.14. The normalized spacial score (nSPS) is 23.4. The molecule has 0 saturated carbocycles. The Kier molecular flexibility index (Phi) is 2.88. The first-order chi connectivity index (χ1) is 12.1. The molecule has 0 bridgehead atoms. The fraction of sp³-hybridized carbons (Fsp3) is 0.389. The van der Waals surface area contributed by atoms with Gasteiger partial charge in [0.25, 0.3) is 5.91 Å². The highest BCUT2D eigenvalue weighted by Gasteiger charge is 2.42. The van der Waals surface area contributed by atoms with Crippen LogP contribution in [0, 0.1) is 0 Å². The van der Waals surface area contributed by atoms with Gasteiger partial charge in [-0.3, -0.25) is 14.4 Å². The molecule has 4 heterocycles. The molecule has 128 valence electrons. The molecule has 25 heavy (non-hydrogen) atoms. The molecule has 0 atom stereocenters. The monoisotopic (exact) mass is 339 g/mol. The van der Waals surface area contributed by atoms with Gasteiger partial charge in [-0.25, -0.2) is 5.01 Å². The summed E-state index contributed by atoms with van der Waals surface area (Å²) in [5, 5.41) is 5.50. The van der Waals surface area contributed by atoms with E-state index >= 15 is 0 Å². The van der Waals surface area contributed by atoms with Crippen LogP contribution in [0.4, 0.5) is 0 Å². The molecule has 1 N–H and O–H groups in total. The summed E-state index contributed by atoms with van der Waals surface area (Å²) >= 11 is 0. The Hall–Kier alpha value is -2.67. The molecule has 0 aliphatic carbocycles. The van der Waals surface area contributed by atoms with E-state index in [9.17, 15) is 14.4 Å². The quantitative estimate of drug-likeness (QED) is 0.767. The third-order valence-electron chi connectivity index (χ3n) is 5.24. The van der Waals surface area contributed by atoms with Gasteiger partial charge in [0.2, 0.25) is 11.8 Å². The lowest BCUT2D eigenvalue weighted by Crippen LogP contribution is -2.62. The number of hydrogen-bond acceptors (Lipinski definition) is 5. The molecular formula is C18H17N3O4. The molecular weight excluding hydrogens is 322 g/mol. The first kappa shape index (κ1) is 14.7. The highest BCUT2D eigenvalue weighted by atomic mass is 16.5. The van der Waals surface area contributed by atoms with E-state index < -0.39 is 0 Å². The lowest BCUT2D eigenvalue weighted by Gasteiger charge is -2.42. The first-order valence-corrected chi connectivity index (χ1v) is 8.50. The molecule has 7 heteroatoms. The molecule has 2 fully saturated rings. The molecule has 0 aromatic heterocycles. The van der Waals surface area contributed by atoms with E-state index in [-0.39, 0.29) is 29.9 Å². The minimum absolute atomic E-state index is 0.219. The van der Waals surface area contributed by atoms with Crippen LogP contribution in [-0.4, -0.2) is 46.4 Å². The number of imide groups is 1. The Morgan fingerprint density at radius 3 is 2.52 bits per heavy atom. The Labute approximate surface area is 144 Å². The molecule has 1 spiro atoms. The lowest BCUT2D eigenvalue weighted by molar-refractivity contribution is -0.163. The summed E-state index contributed by atoms with van der Waals surface area (Å²) in [5.41, 5.74) is 1.87. The van der Waals surface area contributed by atoms with Gasteiger partial charge >= 0.3 is 0 Å². The van der Waals surface area contributed by atoms with Crippen LogP contribution in [0.5, 0.6) is 5.75 Å². The Morgan fingerprint density at radius 1 is 1.08 bits per heavy atom. The fourth-order valence-electron chi connectivity index (χ4n) is 3.79. The summed E-state index contributed by atoms with van der Waals surface area (Å²) in [5.74, 6) is -0.176. The van der Waals surface area contributed by atoms with E-state index in [0.717, 1.165) is 35.0 Å². The Balaban J connectivity index is 1.49. The number of fused-ring (bicyclic) bond motifs is 2. The molecule has 1 aromatic rings. The molecule has 4 aliphatic rings. The number of rotatable bonds is 1. The van der Waals surface area contributed by atoms with E-state index in [1.807, 2.05) is 18.2 Å². The van der Waals surface area contributed by atoms with E-state index in [2.05, 4.69) is 5.32 Å². The average molecular weight is 339 g/mol. The van der Waals surface area contributed by atoms with Gasteiger partial charge in [0, 0.05) is 37.1 Å². The molecule has 1 aromatic carbocycles. The minimum Gasteiger partial charge on any atom is -0.480 e. The van der Waals surface area contributed by atoms with Gasteiger partial charge in [-0.1, -0.05) is 6.08 Å². The maximum atomic E-state index is 12.8. The summed E-state index contributed by atoms with van der Waals surface area (Å²) in [6.45, 7) is 1.75. The molecule has 0 radical (unpaired) electrons. The number of nitrogens with one attached hydrogen (secondary N) is 1. The van der Waals surface area contributed by atoms with E-state index in [1.165, 1.54) is 5.01 Å². The first-order valence-electron chi connectivity index (χ1n) is 8.50. The van der Waals surface area contributed by atoms with Crippen molar-refractivity contribution in [1.82, 2.24) is 15.3 Å². The summed E-state index contributed by atoms with van der Waals surface area (Å²) in [6, 6.07) is 3.66. The predicted octanol–water partition coefficient (Wildman–Crippen LogP) is 0.844. The minimum atomic E-state index is -0.308. The van der Waals surface area contributed by atoms with Crippen molar-refractivity contribution in [3.63, 3.8) is 0 Å². The van der Waals surface area contributed by atoms with Gasteiger partial charge in [-0.2, -0.15) is 5.01 Å². The van der Waals surface area contributed by atoms with Crippen molar-refractivity contribution in [2.75, 3.05) is 13.1 Å². The second kappa shape index (κ2) is 4.92. The highest BCUT2D eigenvalue weighted by molar-refractivity contribution is 6.05. The average Bonchev–Trinajstić information content (AvgIpc) is 2.87. The van der Waals surface area contributed by atoms with Crippen LogP contribution >= 0.6 is 0 Å². The van der Waals surface area contributed by atoms with Crippen LogP contribution in [0.15, 0.2) is 18.2 Å². The molecule has 2 saturated heterocycles. The number of nitrogens with zero attached hydrogens (tertiary/aromatic N) is 2. The maximum absolute atomic E-state index is 12.8. The van der Waals surface area contributed by atoms with Crippen LogP contribution < -0.4 is 10.1 Å². The topological polar surface area (TPSA) is 79.0 Å².